The van der Waals surface area contributed by atoms with E-state index in [0.717, 1.165) is 22.6 Å². The zero-order valence-corrected chi connectivity index (χ0v) is 16.1. The van der Waals surface area contributed by atoms with Crippen LogP contribution in [0.4, 0.5) is 17.1 Å². The molecule has 146 valence electrons. The minimum Gasteiger partial charge on any atom is -0.493 e. The van der Waals surface area contributed by atoms with E-state index in [2.05, 4.69) is 16.0 Å². The first-order chi connectivity index (χ1) is 13.5. The highest BCUT2D eigenvalue weighted by molar-refractivity contribution is 6.31. The van der Waals surface area contributed by atoms with Gasteiger partial charge < -0.3 is 25.4 Å². The van der Waals surface area contributed by atoms with Gasteiger partial charge in [-0.1, -0.05) is 6.08 Å². The Morgan fingerprint density at radius 1 is 1.07 bits per heavy atom. The topological polar surface area (TPSA) is 88.7 Å². The number of benzene rings is 2. The van der Waals surface area contributed by atoms with Gasteiger partial charge in [0.2, 0.25) is 5.91 Å². The molecule has 2 aromatic carbocycles. The van der Waals surface area contributed by atoms with Crippen molar-refractivity contribution in [3.8, 4) is 11.5 Å². The average Bonchev–Trinajstić information content (AvgIpc) is 2.99. The van der Waals surface area contributed by atoms with Gasteiger partial charge in [0.05, 0.1) is 19.9 Å². The number of anilines is 3. The summed E-state index contributed by atoms with van der Waals surface area (Å²) in [5, 5.41) is 8.88. The third kappa shape index (κ3) is 4.25. The monoisotopic (exact) mass is 381 g/mol. The highest BCUT2D eigenvalue weighted by Crippen LogP contribution is 2.40. The van der Waals surface area contributed by atoms with E-state index in [1.165, 1.54) is 6.92 Å². The molecule has 3 N–H and O–H groups in total. The molecule has 0 bridgehead atoms. The summed E-state index contributed by atoms with van der Waals surface area (Å²) in [6.45, 7) is 2.14. The lowest BCUT2D eigenvalue weighted by Crippen LogP contribution is -2.06. The summed E-state index contributed by atoms with van der Waals surface area (Å²) in [5.74, 6) is 0.926. The molecule has 2 aromatic rings. The van der Waals surface area contributed by atoms with Crippen LogP contribution in [0.1, 0.15) is 18.9 Å². The number of methoxy groups -OCH3 is 2. The van der Waals surface area contributed by atoms with Crippen molar-refractivity contribution in [3.63, 3.8) is 0 Å². The number of rotatable bonds is 7. The van der Waals surface area contributed by atoms with Crippen molar-refractivity contribution in [1.29, 1.82) is 0 Å². The minimum atomic E-state index is -0.134. The van der Waals surface area contributed by atoms with Crippen molar-refractivity contribution < 1.29 is 19.1 Å². The molecule has 0 saturated heterocycles. The van der Waals surface area contributed by atoms with Gasteiger partial charge in [-0.3, -0.25) is 9.59 Å². The summed E-state index contributed by atoms with van der Waals surface area (Å²) in [6, 6.07) is 11.0. The molecule has 7 heteroatoms. The first kappa shape index (κ1) is 19.3. The third-order valence-corrected chi connectivity index (χ3v) is 4.33. The van der Waals surface area contributed by atoms with Crippen molar-refractivity contribution in [1.82, 2.24) is 0 Å². The van der Waals surface area contributed by atoms with Crippen molar-refractivity contribution >= 4 is 34.4 Å². The Hall–Kier alpha value is -3.48. The fourth-order valence-electron chi connectivity index (χ4n) is 3.03. The van der Waals surface area contributed by atoms with E-state index in [4.69, 9.17) is 9.47 Å². The molecule has 0 aliphatic carbocycles. The second-order valence-corrected chi connectivity index (χ2v) is 6.30. The Kier molecular flexibility index (Phi) is 5.84. The van der Waals surface area contributed by atoms with Gasteiger partial charge in [0.25, 0.3) is 5.91 Å². The van der Waals surface area contributed by atoms with Crippen LogP contribution in [0, 0.1) is 0 Å². The fraction of sp³-hybridized carbons (Fsp3) is 0.238. The molecule has 0 aromatic heterocycles. The first-order valence-corrected chi connectivity index (χ1v) is 8.91. The summed E-state index contributed by atoms with van der Waals surface area (Å²) in [4.78, 5) is 23.3. The van der Waals surface area contributed by atoms with Crippen LogP contribution in [0.2, 0.25) is 0 Å². The van der Waals surface area contributed by atoms with Gasteiger partial charge in [-0.25, -0.2) is 0 Å². The maximum Gasteiger partial charge on any atom is 0.256 e. The predicted molar refractivity (Wildman–Crippen MR) is 110 cm³/mol. The molecule has 2 amide bonds. The van der Waals surface area contributed by atoms with Gasteiger partial charge >= 0.3 is 0 Å². The number of carbonyl (C=O) groups is 2. The second-order valence-electron chi connectivity index (χ2n) is 6.30. The standard InChI is InChI=1S/C21H23N3O4/c1-13(25)23-15-8-6-14(7-9-15)22-10-4-5-16-17-11-19(27-2)20(28-3)12-18(17)24-21(16)26/h5-9,11-12,22H,4,10H2,1-3H3,(H,23,25)(H,24,26). The van der Waals surface area contributed by atoms with Gasteiger partial charge in [-0.05, 0) is 36.8 Å². The van der Waals surface area contributed by atoms with Gasteiger partial charge in [0, 0.05) is 42.0 Å². The van der Waals surface area contributed by atoms with Crippen LogP contribution in [0.3, 0.4) is 0 Å². The van der Waals surface area contributed by atoms with E-state index >= 15 is 0 Å². The molecule has 3 rings (SSSR count). The Morgan fingerprint density at radius 3 is 2.36 bits per heavy atom. The molecular weight excluding hydrogens is 358 g/mol. The maximum atomic E-state index is 12.3. The Bertz CT molecular complexity index is 920. The molecule has 1 aliphatic heterocycles. The lowest BCUT2D eigenvalue weighted by atomic mass is 10.1. The molecular formula is C21H23N3O4. The van der Waals surface area contributed by atoms with Crippen LogP contribution in [-0.4, -0.2) is 32.6 Å². The van der Waals surface area contributed by atoms with E-state index in [1.807, 2.05) is 36.4 Å². The Balaban J connectivity index is 1.64. The number of carbonyl (C=O) groups excluding carboxylic acids is 2. The second kappa shape index (κ2) is 8.47. The van der Waals surface area contributed by atoms with Crippen LogP contribution >= 0.6 is 0 Å². The number of hydrogen-bond donors (Lipinski definition) is 3. The molecule has 0 spiro atoms. The zero-order valence-electron chi connectivity index (χ0n) is 16.1. The Labute approximate surface area is 163 Å². The Morgan fingerprint density at radius 2 is 1.71 bits per heavy atom. The van der Waals surface area contributed by atoms with E-state index in [0.29, 0.717) is 30.0 Å². The van der Waals surface area contributed by atoms with Crippen LogP contribution in [0.25, 0.3) is 5.57 Å². The molecule has 1 aliphatic rings. The fourth-order valence-corrected chi connectivity index (χ4v) is 3.03. The largest absolute Gasteiger partial charge is 0.493 e. The van der Waals surface area contributed by atoms with E-state index in [9.17, 15) is 9.59 Å². The summed E-state index contributed by atoms with van der Waals surface area (Å²) in [7, 11) is 3.13. The molecule has 7 nitrogen and oxygen atoms in total. The maximum absolute atomic E-state index is 12.3. The van der Waals surface area contributed by atoms with Crippen molar-refractivity contribution in [2.24, 2.45) is 0 Å². The van der Waals surface area contributed by atoms with Crippen LogP contribution in [0.15, 0.2) is 42.5 Å². The smallest absolute Gasteiger partial charge is 0.256 e. The number of nitrogens with one attached hydrogen (secondary N) is 3. The molecule has 0 unspecified atom stereocenters. The predicted octanol–water partition coefficient (Wildman–Crippen LogP) is 3.50. The van der Waals surface area contributed by atoms with Gasteiger partial charge in [-0.15, -0.1) is 0 Å². The van der Waals surface area contributed by atoms with Crippen LogP contribution < -0.4 is 25.4 Å². The van der Waals surface area contributed by atoms with Crippen LogP contribution in [0.5, 0.6) is 11.5 Å². The highest BCUT2D eigenvalue weighted by Gasteiger charge is 2.26. The molecule has 0 fully saturated rings. The van der Waals surface area contributed by atoms with Gasteiger partial charge in [0.15, 0.2) is 11.5 Å². The molecule has 0 radical (unpaired) electrons. The molecule has 28 heavy (non-hydrogen) atoms. The van der Waals surface area contributed by atoms with Crippen molar-refractivity contribution in [2.75, 3.05) is 36.7 Å². The SMILES string of the molecule is COc1cc2c(cc1OC)C(=CCCNc1ccc(NC(C)=O)cc1)C(=O)N2. The van der Waals surface area contributed by atoms with E-state index < -0.39 is 0 Å². The average molecular weight is 381 g/mol. The zero-order chi connectivity index (χ0) is 20.1. The summed E-state index contributed by atoms with van der Waals surface area (Å²) >= 11 is 0. The minimum absolute atomic E-state index is 0.100. The van der Waals surface area contributed by atoms with Crippen LogP contribution in [-0.2, 0) is 9.59 Å². The number of ether oxygens (including phenoxy) is 2. The number of fused-ring (bicyclic) bond motifs is 1. The van der Waals surface area contributed by atoms with Crippen molar-refractivity contribution in [2.45, 2.75) is 13.3 Å². The normalized spacial score (nSPS) is 13.7. The third-order valence-electron chi connectivity index (χ3n) is 4.33. The molecule has 0 saturated carbocycles. The van der Waals surface area contributed by atoms with Gasteiger partial charge in [-0.2, -0.15) is 0 Å². The number of hydrogen-bond acceptors (Lipinski definition) is 5. The summed E-state index contributed by atoms with van der Waals surface area (Å²) in [6.07, 6.45) is 2.58. The van der Waals surface area contributed by atoms with Gasteiger partial charge in [0.1, 0.15) is 0 Å². The molecule has 0 atom stereocenters. The summed E-state index contributed by atoms with van der Waals surface area (Å²) in [5.41, 5.74) is 3.84. The van der Waals surface area contributed by atoms with E-state index in [1.54, 1.807) is 20.3 Å². The lowest BCUT2D eigenvalue weighted by molar-refractivity contribution is -0.114. The first-order valence-electron chi connectivity index (χ1n) is 8.91. The summed E-state index contributed by atoms with van der Waals surface area (Å²) < 4.78 is 10.6. The van der Waals surface area contributed by atoms with E-state index in [-0.39, 0.29) is 11.8 Å². The lowest BCUT2D eigenvalue weighted by Gasteiger charge is -2.09. The highest BCUT2D eigenvalue weighted by atomic mass is 16.5. The quantitative estimate of drug-likeness (QED) is 0.505. The number of amides is 2. The molecule has 1 heterocycles. The van der Waals surface area contributed by atoms with Crippen molar-refractivity contribution in [3.05, 3.63) is 48.0 Å².